The maximum atomic E-state index is 13.3. The Morgan fingerprint density at radius 2 is 2.19 bits per heavy atom. The van der Waals surface area contributed by atoms with E-state index >= 15 is 0 Å². The highest BCUT2D eigenvalue weighted by Crippen LogP contribution is 2.25. The summed E-state index contributed by atoms with van der Waals surface area (Å²) >= 11 is 0. The minimum absolute atomic E-state index is 0.189. The van der Waals surface area contributed by atoms with Crippen LogP contribution in [0.3, 0.4) is 0 Å². The maximum Gasteiger partial charge on any atom is 0.318 e. The lowest BCUT2D eigenvalue weighted by atomic mass is 10.1. The average Bonchev–Trinajstić information content (AvgIpc) is 2.92. The van der Waals surface area contributed by atoms with Crippen LogP contribution < -0.4 is 0 Å². The van der Waals surface area contributed by atoms with Crippen LogP contribution in [-0.2, 0) is 9.53 Å². The van der Waals surface area contributed by atoms with Crippen molar-refractivity contribution in [2.45, 2.75) is 33.1 Å². The molecule has 0 N–H and O–H groups in total. The zero-order valence-corrected chi connectivity index (χ0v) is 12.2. The van der Waals surface area contributed by atoms with Gasteiger partial charge in [0, 0.05) is 5.56 Å². The first-order chi connectivity index (χ1) is 10.1. The molecule has 0 amide bonds. The summed E-state index contributed by atoms with van der Waals surface area (Å²) in [7, 11) is 0. The van der Waals surface area contributed by atoms with Gasteiger partial charge in [-0.05, 0) is 38.0 Å². The van der Waals surface area contributed by atoms with Crippen LogP contribution in [0.25, 0.3) is 11.4 Å². The van der Waals surface area contributed by atoms with E-state index in [9.17, 15) is 9.18 Å². The number of hydrogen-bond donors (Lipinski definition) is 0. The predicted octanol–water partition coefficient (Wildman–Crippen LogP) is 3.24. The van der Waals surface area contributed by atoms with Crippen molar-refractivity contribution < 1.29 is 18.4 Å². The molecule has 1 aromatic heterocycles. The Morgan fingerprint density at radius 3 is 2.86 bits per heavy atom. The molecule has 112 valence electrons. The van der Waals surface area contributed by atoms with Crippen molar-refractivity contribution >= 4 is 5.97 Å². The molecule has 6 heteroatoms. The number of nitrogens with zero attached hydrogens (tertiary/aromatic N) is 2. The summed E-state index contributed by atoms with van der Waals surface area (Å²) in [6.07, 6.45) is 0.489. The van der Waals surface area contributed by atoms with Gasteiger partial charge in [-0.1, -0.05) is 18.1 Å². The number of halogens is 1. The van der Waals surface area contributed by atoms with Crippen LogP contribution in [0.4, 0.5) is 4.39 Å². The standard InChI is InChI=1S/C15H17FN2O3/c1-4-11(15(19)20-5-2)14-17-13(18-21-14)12-8-10(16)7-6-9(12)3/h6-8,11H,4-5H2,1-3H3. The summed E-state index contributed by atoms with van der Waals surface area (Å²) in [6, 6.07) is 4.35. The molecule has 0 saturated heterocycles. The molecule has 2 aromatic rings. The fourth-order valence-corrected chi connectivity index (χ4v) is 2.01. The number of hydrogen-bond acceptors (Lipinski definition) is 5. The van der Waals surface area contributed by atoms with Gasteiger partial charge in [-0.3, -0.25) is 4.79 Å². The number of ether oxygens (including phenoxy) is 1. The van der Waals surface area contributed by atoms with Gasteiger partial charge in [0.15, 0.2) is 0 Å². The molecule has 1 heterocycles. The molecule has 0 radical (unpaired) electrons. The summed E-state index contributed by atoms with van der Waals surface area (Å²) in [5.41, 5.74) is 1.37. The van der Waals surface area contributed by atoms with Crippen molar-refractivity contribution in [3.05, 3.63) is 35.5 Å². The Morgan fingerprint density at radius 1 is 1.43 bits per heavy atom. The van der Waals surface area contributed by atoms with Gasteiger partial charge in [0.1, 0.15) is 11.7 Å². The van der Waals surface area contributed by atoms with E-state index in [1.54, 1.807) is 13.0 Å². The van der Waals surface area contributed by atoms with Crippen molar-refractivity contribution in [2.24, 2.45) is 0 Å². The first-order valence-corrected chi connectivity index (χ1v) is 6.83. The first kappa shape index (κ1) is 15.2. The molecular weight excluding hydrogens is 275 g/mol. The summed E-state index contributed by atoms with van der Waals surface area (Å²) in [5, 5.41) is 3.84. The highest BCUT2D eigenvalue weighted by atomic mass is 19.1. The number of aryl methyl sites for hydroxylation is 1. The fourth-order valence-electron chi connectivity index (χ4n) is 2.01. The normalized spacial score (nSPS) is 12.2. The van der Waals surface area contributed by atoms with E-state index in [0.29, 0.717) is 18.6 Å². The lowest BCUT2D eigenvalue weighted by Gasteiger charge is -2.08. The second-order valence-corrected chi connectivity index (χ2v) is 4.63. The SMILES string of the molecule is CCOC(=O)C(CC)c1nc(-c2cc(F)ccc2C)no1. The summed E-state index contributed by atoms with van der Waals surface area (Å²) in [5.74, 6) is -0.912. The molecule has 5 nitrogen and oxygen atoms in total. The third-order valence-corrected chi connectivity index (χ3v) is 3.16. The van der Waals surface area contributed by atoms with E-state index in [2.05, 4.69) is 10.1 Å². The molecule has 1 atom stereocenters. The third-order valence-electron chi connectivity index (χ3n) is 3.16. The van der Waals surface area contributed by atoms with Crippen molar-refractivity contribution in [3.63, 3.8) is 0 Å². The third kappa shape index (κ3) is 3.26. The largest absolute Gasteiger partial charge is 0.465 e. The van der Waals surface area contributed by atoms with Gasteiger partial charge in [0.05, 0.1) is 6.61 Å². The molecule has 1 aromatic carbocycles. The zero-order chi connectivity index (χ0) is 15.4. The van der Waals surface area contributed by atoms with Crippen LogP contribution in [0.5, 0.6) is 0 Å². The van der Waals surface area contributed by atoms with Crippen LogP contribution in [-0.4, -0.2) is 22.7 Å². The number of aromatic nitrogens is 2. The van der Waals surface area contributed by atoms with Gasteiger partial charge < -0.3 is 9.26 Å². The Hall–Kier alpha value is -2.24. The number of rotatable bonds is 5. The number of benzene rings is 1. The fraction of sp³-hybridized carbons (Fsp3) is 0.400. The molecule has 0 aliphatic rings. The topological polar surface area (TPSA) is 65.2 Å². The molecule has 0 aliphatic heterocycles. The van der Waals surface area contributed by atoms with Crippen molar-refractivity contribution in [1.82, 2.24) is 10.1 Å². The van der Waals surface area contributed by atoms with Crippen LogP contribution in [0.1, 0.15) is 37.6 Å². The van der Waals surface area contributed by atoms with Crippen molar-refractivity contribution in [3.8, 4) is 11.4 Å². The second kappa shape index (κ2) is 6.47. The molecule has 0 spiro atoms. The van der Waals surface area contributed by atoms with E-state index in [1.807, 2.05) is 13.8 Å². The van der Waals surface area contributed by atoms with Gasteiger partial charge >= 0.3 is 5.97 Å². The summed E-state index contributed by atoms with van der Waals surface area (Å²) in [6.45, 7) is 5.69. The lowest BCUT2D eigenvalue weighted by molar-refractivity contribution is -0.145. The van der Waals surface area contributed by atoms with E-state index < -0.39 is 11.9 Å². The number of carbonyl (C=O) groups excluding carboxylic acids is 1. The van der Waals surface area contributed by atoms with Crippen LogP contribution in [0.2, 0.25) is 0 Å². The molecule has 2 rings (SSSR count). The van der Waals surface area contributed by atoms with Gasteiger partial charge in [0.25, 0.3) is 0 Å². The Balaban J connectivity index is 2.32. The summed E-state index contributed by atoms with van der Waals surface area (Å²) in [4.78, 5) is 16.0. The van der Waals surface area contributed by atoms with Crippen LogP contribution in [0.15, 0.2) is 22.7 Å². The molecule has 0 aliphatic carbocycles. The highest BCUT2D eigenvalue weighted by molar-refractivity contribution is 5.77. The molecule has 0 fully saturated rings. The van der Waals surface area contributed by atoms with Gasteiger partial charge in [-0.2, -0.15) is 4.98 Å². The monoisotopic (exact) mass is 292 g/mol. The van der Waals surface area contributed by atoms with E-state index in [1.165, 1.54) is 12.1 Å². The molecule has 0 bridgehead atoms. The van der Waals surface area contributed by atoms with Gasteiger partial charge in [-0.15, -0.1) is 0 Å². The quantitative estimate of drug-likeness (QED) is 0.791. The molecule has 0 saturated carbocycles. The van der Waals surface area contributed by atoms with Crippen molar-refractivity contribution in [1.29, 1.82) is 0 Å². The molecular formula is C15H17FN2O3. The number of esters is 1. The van der Waals surface area contributed by atoms with E-state index in [4.69, 9.17) is 9.26 Å². The second-order valence-electron chi connectivity index (χ2n) is 4.63. The van der Waals surface area contributed by atoms with Crippen LogP contribution in [0, 0.1) is 12.7 Å². The Kier molecular flexibility index (Phi) is 4.67. The lowest BCUT2D eigenvalue weighted by Crippen LogP contribution is -2.15. The maximum absolute atomic E-state index is 13.3. The minimum atomic E-state index is -0.597. The smallest absolute Gasteiger partial charge is 0.318 e. The van der Waals surface area contributed by atoms with Crippen LogP contribution >= 0.6 is 0 Å². The number of carbonyl (C=O) groups is 1. The minimum Gasteiger partial charge on any atom is -0.465 e. The Labute approximate surface area is 122 Å². The first-order valence-electron chi connectivity index (χ1n) is 6.83. The molecule has 21 heavy (non-hydrogen) atoms. The van der Waals surface area contributed by atoms with Gasteiger partial charge in [-0.25, -0.2) is 4.39 Å². The van der Waals surface area contributed by atoms with Gasteiger partial charge in [0.2, 0.25) is 11.7 Å². The van der Waals surface area contributed by atoms with E-state index in [0.717, 1.165) is 5.56 Å². The average molecular weight is 292 g/mol. The Bertz CT molecular complexity index is 640. The predicted molar refractivity (Wildman–Crippen MR) is 74.1 cm³/mol. The van der Waals surface area contributed by atoms with E-state index in [-0.39, 0.29) is 17.5 Å². The zero-order valence-electron chi connectivity index (χ0n) is 12.2. The van der Waals surface area contributed by atoms with Crippen molar-refractivity contribution in [2.75, 3.05) is 6.61 Å². The highest BCUT2D eigenvalue weighted by Gasteiger charge is 2.26. The summed E-state index contributed by atoms with van der Waals surface area (Å²) < 4.78 is 23.5. The molecule has 1 unspecified atom stereocenters.